The zero-order chi connectivity index (χ0) is 14.3. The van der Waals surface area contributed by atoms with E-state index in [1.54, 1.807) is 25.4 Å². The van der Waals surface area contributed by atoms with Gasteiger partial charge in [-0.15, -0.1) is 0 Å². The maximum Gasteiger partial charge on any atom is 0.258 e. The van der Waals surface area contributed by atoms with E-state index in [2.05, 4.69) is 4.98 Å². The molecule has 1 aromatic heterocycles. The molecule has 0 saturated heterocycles. The number of hydrogen-bond donors (Lipinski definition) is 1. The van der Waals surface area contributed by atoms with Crippen LogP contribution in [0.2, 0.25) is 0 Å². The highest BCUT2D eigenvalue weighted by Crippen LogP contribution is 2.37. The van der Waals surface area contributed by atoms with E-state index >= 15 is 0 Å². The normalized spacial score (nSPS) is 14.4. The number of methoxy groups -OCH3 is 2. The first kappa shape index (κ1) is 12.3. The summed E-state index contributed by atoms with van der Waals surface area (Å²) in [7, 11) is 3.08. The average Bonchev–Trinajstić information content (AvgIpc) is 3.00. The van der Waals surface area contributed by atoms with Crippen molar-refractivity contribution in [2.75, 3.05) is 19.1 Å². The molecular weight excluding hydrogens is 260 g/mol. The molecule has 20 heavy (non-hydrogen) atoms. The van der Waals surface area contributed by atoms with Gasteiger partial charge in [0, 0.05) is 29.8 Å². The van der Waals surface area contributed by atoms with E-state index in [4.69, 9.17) is 9.47 Å². The summed E-state index contributed by atoms with van der Waals surface area (Å²) in [6.07, 6.45) is 4.12. The molecule has 0 fully saturated rings. The number of nitrogens with one attached hydrogen (secondary N) is 1. The second kappa shape index (κ2) is 4.41. The van der Waals surface area contributed by atoms with Crippen LogP contribution in [0.3, 0.4) is 0 Å². The van der Waals surface area contributed by atoms with Gasteiger partial charge in [-0.2, -0.15) is 0 Å². The molecule has 0 radical (unpaired) electrons. The van der Waals surface area contributed by atoms with Gasteiger partial charge >= 0.3 is 0 Å². The third kappa shape index (κ3) is 1.65. The summed E-state index contributed by atoms with van der Waals surface area (Å²) in [5, 5.41) is 0.716. The topological polar surface area (TPSA) is 71.6 Å². The van der Waals surface area contributed by atoms with Crippen LogP contribution >= 0.6 is 0 Å². The number of nitrogens with zero attached hydrogens (tertiary/aromatic N) is 1. The van der Waals surface area contributed by atoms with Crippen LogP contribution < -0.4 is 14.4 Å². The summed E-state index contributed by atoms with van der Waals surface area (Å²) in [5.41, 5.74) is 1.26. The highest BCUT2D eigenvalue weighted by Gasteiger charge is 2.27. The van der Waals surface area contributed by atoms with Gasteiger partial charge in [-0.25, -0.2) is 4.90 Å². The van der Waals surface area contributed by atoms with Gasteiger partial charge in [-0.3, -0.25) is 9.59 Å². The van der Waals surface area contributed by atoms with Gasteiger partial charge in [0.25, 0.3) is 11.8 Å². The molecule has 6 heteroatoms. The van der Waals surface area contributed by atoms with Crippen LogP contribution in [0.4, 0.5) is 5.69 Å². The second-order valence-corrected chi connectivity index (χ2v) is 4.27. The fraction of sp³-hybridized carbons (Fsp3) is 0.143. The molecular formula is C14H12N2O4. The molecule has 1 aliphatic heterocycles. The predicted molar refractivity (Wildman–Crippen MR) is 73.0 cm³/mol. The van der Waals surface area contributed by atoms with Gasteiger partial charge in [-0.05, 0) is 6.07 Å². The standard InChI is InChI=1S/C14H12N2O4/c1-19-11-5-8-9(6-12(11)20-2)15-7-10(8)16-13(17)3-4-14(16)18/h3-7,15H,1-2H3. The Kier molecular flexibility index (Phi) is 2.71. The van der Waals surface area contributed by atoms with E-state index < -0.39 is 0 Å². The third-order valence-corrected chi connectivity index (χ3v) is 3.21. The Morgan fingerprint density at radius 3 is 2.20 bits per heavy atom. The van der Waals surface area contributed by atoms with Crippen LogP contribution in [-0.2, 0) is 9.59 Å². The molecule has 0 unspecified atom stereocenters. The number of fused-ring (bicyclic) bond motifs is 1. The molecule has 1 aliphatic rings. The number of anilines is 1. The lowest BCUT2D eigenvalue weighted by atomic mass is 10.2. The number of carbonyl (C=O) groups excluding carboxylic acids is 2. The molecule has 2 aromatic rings. The monoisotopic (exact) mass is 272 g/mol. The SMILES string of the molecule is COc1cc2[nH]cc(N3C(=O)C=CC3=O)c2cc1OC. The van der Waals surface area contributed by atoms with Crippen molar-refractivity contribution in [3.63, 3.8) is 0 Å². The van der Waals surface area contributed by atoms with E-state index in [-0.39, 0.29) is 11.8 Å². The van der Waals surface area contributed by atoms with E-state index in [9.17, 15) is 9.59 Å². The Bertz CT molecular complexity index is 727. The summed E-state index contributed by atoms with van der Waals surface area (Å²) in [5.74, 6) is 0.398. The number of carbonyl (C=O) groups is 2. The Morgan fingerprint density at radius 1 is 1.00 bits per heavy atom. The highest BCUT2D eigenvalue weighted by molar-refractivity contribution is 6.30. The summed E-state index contributed by atoms with van der Waals surface area (Å²) in [4.78, 5) is 27.6. The minimum Gasteiger partial charge on any atom is -0.493 e. The van der Waals surface area contributed by atoms with Crippen LogP contribution in [0.5, 0.6) is 11.5 Å². The molecule has 0 atom stereocenters. The Morgan fingerprint density at radius 2 is 1.60 bits per heavy atom. The first-order valence-corrected chi connectivity index (χ1v) is 5.95. The molecule has 2 heterocycles. The van der Waals surface area contributed by atoms with Crippen molar-refractivity contribution in [1.82, 2.24) is 4.98 Å². The van der Waals surface area contributed by atoms with Crippen LogP contribution in [-0.4, -0.2) is 31.0 Å². The number of aromatic nitrogens is 1. The van der Waals surface area contributed by atoms with Crippen LogP contribution in [0.25, 0.3) is 10.9 Å². The minimum atomic E-state index is -0.356. The predicted octanol–water partition coefficient (Wildman–Crippen LogP) is 1.61. The number of ether oxygens (including phenoxy) is 2. The van der Waals surface area contributed by atoms with Crippen molar-refractivity contribution in [2.45, 2.75) is 0 Å². The number of H-pyrrole nitrogens is 1. The van der Waals surface area contributed by atoms with Gasteiger partial charge in [-0.1, -0.05) is 0 Å². The fourth-order valence-corrected chi connectivity index (χ4v) is 2.26. The number of amides is 2. The van der Waals surface area contributed by atoms with E-state index in [1.165, 1.54) is 19.3 Å². The molecule has 102 valence electrons. The first-order valence-electron chi connectivity index (χ1n) is 5.95. The average molecular weight is 272 g/mol. The lowest BCUT2D eigenvalue weighted by Crippen LogP contribution is -2.29. The lowest BCUT2D eigenvalue weighted by molar-refractivity contribution is -0.119. The summed E-state index contributed by atoms with van der Waals surface area (Å²) < 4.78 is 10.5. The van der Waals surface area contributed by atoms with Crippen molar-refractivity contribution < 1.29 is 19.1 Å². The summed E-state index contributed by atoms with van der Waals surface area (Å²) in [6.45, 7) is 0. The molecule has 0 spiro atoms. The van der Waals surface area contributed by atoms with Gasteiger partial charge in [0.1, 0.15) is 0 Å². The number of imide groups is 1. The molecule has 0 aliphatic carbocycles. The van der Waals surface area contributed by atoms with E-state index in [1.807, 2.05) is 0 Å². The zero-order valence-electron chi connectivity index (χ0n) is 11.0. The molecule has 6 nitrogen and oxygen atoms in total. The van der Waals surface area contributed by atoms with Crippen LogP contribution in [0, 0.1) is 0 Å². The highest BCUT2D eigenvalue weighted by atomic mass is 16.5. The van der Waals surface area contributed by atoms with Gasteiger partial charge < -0.3 is 14.5 Å². The number of benzene rings is 1. The van der Waals surface area contributed by atoms with Crippen molar-refractivity contribution in [3.05, 3.63) is 30.5 Å². The number of aromatic amines is 1. The van der Waals surface area contributed by atoms with Gasteiger partial charge in [0.2, 0.25) is 0 Å². The van der Waals surface area contributed by atoms with E-state index in [0.29, 0.717) is 22.6 Å². The largest absolute Gasteiger partial charge is 0.493 e. The minimum absolute atomic E-state index is 0.356. The van der Waals surface area contributed by atoms with Crippen molar-refractivity contribution >= 4 is 28.4 Å². The first-order chi connectivity index (χ1) is 9.65. The summed E-state index contributed by atoms with van der Waals surface area (Å²) >= 11 is 0. The Hall–Kier alpha value is -2.76. The quantitative estimate of drug-likeness (QED) is 0.862. The van der Waals surface area contributed by atoms with Gasteiger partial charge in [0.05, 0.1) is 25.4 Å². The molecule has 1 aromatic carbocycles. The van der Waals surface area contributed by atoms with Crippen LogP contribution in [0.15, 0.2) is 30.5 Å². The van der Waals surface area contributed by atoms with Gasteiger partial charge in [0.15, 0.2) is 11.5 Å². The lowest BCUT2D eigenvalue weighted by Gasteiger charge is -2.13. The van der Waals surface area contributed by atoms with Crippen molar-refractivity contribution in [1.29, 1.82) is 0 Å². The maximum absolute atomic E-state index is 11.8. The number of rotatable bonds is 3. The molecule has 0 saturated carbocycles. The fourth-order valence-electron chi connectivity index (χ4n) is 2.26. The molecule has 2 amide bonds. The summed E-state index contributed by atoms with van der Waals surface area (Å²) in [6, 6.07) is 3.50. The zero-order valence-corrected chi connectivity index (χ0v) is 11.0. The third-order valence-electron chi connectivity index (χ3n) is 3.21. The molecule has 3 rings (SSSR count). The maximum atomic E-state index is 11.8. The molecule has 1 N–H and O–H groups in total. The van der Waals surface area contributed by atoms with Crippen molar-refractivity contribution in [2.24, 2.45) is 0 Å². The van der Waals surface area contributed by atoms with Crippen molar-refractivity contribution in [3.8, 4) is 11.5 Å². The Labute approximate surface area is 114 Å². The molecule has 0 bridgehead atoms. The van der Waals surface area contributed by atoms with Crippen LogP contribution in [0.1, 0.15) is 0 Å². The smallest absolute Gasteiger partial charge is 0.258 e. The van der Waals surface area contributed by atoms with E-state index in [0.717, 1.165) is 10.4 Å². The number of hydrogen-bond acceptors (Lipinski definition) is 4. The Balaban J connectivity index is 2.18. The second-order valence-electron chi connectivity index (χ2n) is 4.27.